The molecule has 4 rings (SSSR count). The molecule has 0 aliphatic carbocycles. The van der Waals surface area contributed by atoms with Crippen LogP contribution >= 0.6 is 0 Å². The van der Waals surface area contributed by atoms with Crippen molar-refractivity contribution >= 4 is 23.3 Å². The normalized spacial score (nSPS) is 10.5. The third-order valence-corrected chi connectivity index (χ3v) is 4.79. The van der Waals surface area contributed by atoms with Crippen LogP contribution in [0.4, 0.5) is 17.3 Å². The van der Waals surface area contributed by atoms with Gasteiger partial charge in [0.25, 0.3) is 0 Å². The average molecular weight is 411 g/mol. The molecule has 0 fully saturated rings. The van der Waals surface area contributed by atoms with E-state index in [1.807, 2.05) is 55.5 Å². The standard InChI is InChI=1S/C24H21N5O2/c1-16-4-9-20(27-14-17-5-7-18(8-6-17)23(30)31)13-22(16)29-24-26-12-10-21(28-24)19-3-2-11-25-15-19/h2-13,15,27H,14H2,1H3,(H,30,31)(H,26,28,29). The molecule has 0 radical (unpaired) electrons. The maximum Gasteiger partial charge on any atom is 0.335 e. The molecule has 0 atom stereocenters. The highest BCUT2D eigenvalue weighted by atomic mass is 16.4. The number of benzene rings is 2. The Kier molecular flexibility index (Phi) is 5.84. The number of carboxylic acids is 1. The van der Waals surface area contributed by atoms with Crippen LogP contribution in [0.1, 0.15) is 21.5 Å². The van der Waals surface area contributed by atoms with Crippen LogP contribution in [0.2, 0.25) is 0 Å². The molecule has 0 amide bonds. The van der Waals surface area contributed by atoms with Crippen molar-refractivity contribution in [3.05, 3.63) is 95.9 Å². The Bertz CT molecular complexity index is 1190. The largest absolute Gasteiger partial charge is 0.478 e. The van der Waals surface area contributed by atoms with Gasteiger partial charge in [0.05, 0.1) is 11.3 Å². The SMILES string of the molecule is Cc1ccc(NCc2ccc(C(=O)O)cc2)cc1Nc1nccc(-c2cccnc2)n1. The van der Waals surface area contributed by atoms with Gasteiger partial charge in [0.2, 0.25) is 5.95 Å². The summed E-state index contributed by atoms with van der Waals surface area (Å²) in [6, 6.07) is 18.5. The number of nitrogens with zero attached hydrogens (tertiary/aromatic N) is 3. The molecule has 0 saturated carbocycles. The van der Waals surface area contributed by atoms with Crippen LogP contribution in [-0.4, -0.2) is 26.0 Å². The van der Waals surface area contributed by atoms with Gasteiger partial charge < -0.3 is 15.7 Å². The van der Waals surface area contributed by atoms with E-state index in [1.54, 1.807) is 30.7 Å². The second kappa shape index (κ2) is 9.04. The highest BCUT2D eigenvalue weighted by molar-refractivity contribution is 5.87. The molecule has 2 aromatic heterocycles. The van der Waals surface area contributed by atoms with Crippen LogP contribution in [0.25, 0.3) is 11.3 Å². The van der Waals surface area contributed by atoms with Crippen molar-refractivity contribution < 1.29 is 9.90 Å². The van der Waals surface area contributed by atoms with Gasteiger partial charge in [0.15, 0.2) is 0 Å². The summed E-state index contributed by atoms with van der Waals surface area (Å²) >= 11 is 0. The quantitative estimate of drug-likeness (QED) is 0.398. The Morgan fingerprint density at radius 3 is 2.61 bits per heavy atom. The first-order chi connectivity index (χ1) is 15.1. The third kappa shape index (κ3) is 5.02. The first-order valence-electron chi connectivity index (χ1n) is 9.76. The Morgan fingerprint density at radius 1 is 1.03 bits per heavy atom. The number of aromatic nitrogens is 3. The van der Waals surface area contributed by atoms with E-state index in [1.165, 1.54) is 0 Å². The molecule has 0 aliphatic rings. The molecule has 2 heterocycles. The number of carboxylic acid groups (broad SMARTS) is 1. The van der Waals surface area contributed by atoms with E-state index >= 15 is 0 Å². The summed E-state index contributed by atoms with van der Waals surface area (Å²) < 4.78 is 0. The van der Waals surface area contributed by atoms with Gasteiger partial charge in [-0.1, -0.05) is 18.2 Å². The van der Waals surface area contributed by atoms with Crippen molar-refractivity contribution in [3.8, 4) is 11.3 Å². The number of hydrogen-bond donors (Lipinski definition) is 3. The van der Waals surface area contributed by atoms with Gasteiger partial charge in [-0.3, -0.25) is 4.98 Å². The van der Waals surface area contributed by atoms with E-state index in [-0.39, 0.29) is 5.56 Å². The first-order valence-corrected chi connectivity index (χ1v) is 9.76. The molecule has 0 aliphatic heterocycles. The van der Waals surface area contributed by atoms with Gasteiger partial charge in [-0.25, -0.2) is 14.8 Å². The summed E-state index contributed by atoms with van der Waals surface area (Å²) in [5.74, 6) is -0.422. The lowest BCUT2D eigenvalue weighted by molar-refractivity contribution is 0.0697. The van der Waals surface area contributed by atoms with E-state index < -0.39 is 5.97 Å². The second-order valence-corrected chi connectivity index (χ2v) is 7.02. The molecular formula is C24H21N5O2. The maximum absolute atomic E-state index is 11.0. The van der Waals surface area contributed by atoms with Gasteiger partial charge in [-0.05, 0) is 60.5 Å². The predicted molar refractivity (Wildman–Crippen MR) is 120 cm³/mol. The first kappa shape index (κ1) is 20.0. The minimum Gasteiger partial charge on any atom is -0.478 e. The molecule has 0 bridgehead atoms. The Morgan fingerprint density at radius 2 is 1.87 bits per heavy atom. The molecule has 0 saturated heterocycles. The number of carbonyl (C=O) groups is 1. The van der Waals surface area contributed by atoms with Gasteiger partial charge in [-0.2, -0.15) is 0 Å². The fourth-order valence-electron chi connectivity index (χ4n) is 3.05. The van der Waals surface area contributed by atoms with E-state index in [2.05, 4.69) is 25.6 Å². The summed E-state index contributed by atoms with van der Waals surface area (Å²) in [5, 5.41) is 15.7. The number of anilines is 3. The summed E-state index contributed by atoms with van der Waals surface area (Å²) in [4.78, 5) is 24.0. The fraction of sp³-hybridized carbons (Fsp3) is 0.0833. The molecule has 3 N–H and O–H groups in total. The monoisotopic (exact) mass is 411 g/mol. The lowest BCUT2D eigenvalue weighted by Gasteiger charge is -2.13. The van der Waals surface area contributed by atoms with Crippen molar-refractivity contribution in [1.82, 2.24) is 15.0 Å². The van der Waals surface area contributed by atoms with Crippen LogP contribution in [0.15, 0.2) is 79.3 Å². The molecule has 4 aromatic rings. The second-order valence-electron chi connectivity index (χ2n) is 7.02. The molecule has 31 heavy (non-hydrogen) atoms. The Hall–Kier alpha value is -4.26. The Labute approximate surface area is 179 Å². The number of aryl methyl sites for hydroxylation is 1. The third-order valence-electron chi connectivity index (χ3n) is 4.79. The number of aromatic carboxylic acids is 1. The average Bonchev–Trinajstić information content (AvgIpc) is 2.80. The van der Waals surface area contributed by atoms with Crippen molar-refractivity contribution in [3.63, 3.8) is 0 Å². The van der Waals surface area contributed by atoms with E-state index in [9.17, 15) is 4.79 Å². The van der Waals surface area contributed by atoms with E-state index in [4.69, 9.17) is 5.11 Å². The summed E-state index contributed by atoms with van der Waals surface area (Å²) in [6.45, 7) is 2.59. The van der Waals surface area contributed by atoms with Gasteiger partial charge in [-0.15, -0.1) is 0 Å². The zero-order chi connectivity index (χ0) is 21.6. The number of pyridine rings is 1. The highest BCUT2D eigenvalue weighted by Crippen LogP contribution is 2.24. The smallest absolute Gasteiger partial charge is 0.335 e. The molecule has 7 heteroatoms. The zero-order valence-corrected chi connectivity index (χ0v) is 16.9. The van der Waals surface area contributed by atoms with Crippen molar-refractivity contribution in [1.29, 1.82) is 0 Å². The summed E-state index contributed by atoms with van der Waals surface area (Å²) in [6.07, 6.45) is 5.22. The number of rotatable bonds is 7. The highest BCUT2D eigenvalue weighted by Gasteiger charge is 2.06. The minimum absolute atomic E-state index is 0.277. The number of nitrogens with one attached hydrogen (secondary N) is 2. The van der Waals surface area contributed by atoms with Crippen LogP contribution < -0.4 is 10.6 Å². The van der Waals surface area contributed by atoms with Crippen molar-refractivity contribution in [2.75, 3.05) is 10.6 Å². The lowest BCUT2D eigenvalue weighted by Crippen LogP contribution is -2.03. The Balaban J connectivity index is 1.47. The maximum atomic E-state index is 11.0. The van der Waals surface area contributed by atoms with Crippen LogP contribution in [0.5, 0.6) is 0 Å². The minimum atomic E-state index is -0.927. The lowest BCUT2D eigenvalue weighted by atomic mass is 10.1. The van der Waals surface area contributed by atoms with Crippen molar-refractivity contribution in [2.45, 2.75) is 13.5 Å². The van der Waals surface area contributed by atoms with E-state index in [0.29, 0.717) is 12.5 Å². The summed E-state index contributed by atoms with van der Waals surface area (Å²) in [7, 11) is 0. The predicted octanol–water partition coefficient (Wildman–Crippen LogP) is 4.90. The zero-order valence-electron chi connectivity index (χ0n) is 16.9. The summed E-state index contributed by atoms with van der Waals surface area (Å²) in [5.41, 5.74) is 5.88. The van der Waals surface area contributed by atoms with Gasteiger partial charge >= 0.3 is 5.97 Å². The fourth-order valence-corrected chi connectivity index (χ4v) is 3.05. The van der Waals surface area contributed by atoms with E-state index in [0.717, 1.165) is 33.8 Å². The molecule has 0 spiro atoms. The molecule has 154 valence electrons. The molecule has 7 nitrogen and oxygen atoms in total. The van der Waals surface area contributed by atoms with Gasteiger partial charge in [0.1, 0.15) is 0 Å². The van der Waals surface area contributed by atoms with Crippen molar-refractivity contribution in [2.24, 2.45) is 0 Å². The van der Waals surface area contributed by atoms with Crippen LogP contribution in [0.3, 0.4) is 0 Å². The van der Waals surface area contributed by atoms with Crippen LogP contribution in [-0.2, 0) is 6.54 Å². The topological polar surface area (TPSA) is 100 Å². The van der Waals surface area contributed by atoms with Crippen LogP contribution in [0, 0.1) is 6.92 Å². The molecule has 2 aromatic carbocycles. The van der Waals surface area contributed by atoms with Gasteiger partial charge in [0, 0.05) is 42.1 Å². The molecular weight excluding hydrogens is 390 g/mol. The molecule has 0 unspecified atom stereocenters. The number of hydrogen-bond acceptors (Lipinski definition) is 6.